The Labute approximate surface area is 317 Å². The zero-order valence-corrected chi connectivity index (χ0v) is 30.6. The van der Waals surface area contributed by atoms with Crippen molar-refractivity contribution >= 4 is 52.1 Å². The van der Waals surface area contributed by atoms with E-state index in [1.54, 1.807) is 97.1 Å². The molecule has 0 radical (unpaired) electrons. The average Bonchev–Trinajstić information content (AvgIpc) is 3.61. The van der Waals surface area contributed by atoms with Crippen molar-refractivity contribution < 1.29 is 38.1 Å². The van der Waals surface area contributed by atoms with Gasteiger partial charge in [0.1, 0.15) is 23.0 Å². The number of anilines is 5. The highest BCUT2D eigenvalue weighted by Gasteiger charge is 2.69. The predicted octanol–water partition coefficient (Wildman–Crippen LogP) is 5.75. The smallest absolute Gasteiger partial charge is 0.260 e. The summed E-state index contributed by atoms with van der Waals surface area (Å²) in [4.78, 5) is 65.6. The third-order valence-corrected chi connectivity index (χ3v) is 9.43. The van der Waals surface area contributed by atoms with Crippen LogP contribution in [0.1, 0.15) is 12.8 Å². The van der Waals surface area contributed by atoms with Gasteiger partial charge in [0.25, 0.3) is 23.6 Å². The van der Waals surface area contributed by atoms with Crippen molar-refractivity contribution in [1.82, 2.24) is 4.98 Å². The van der Waals surface area contributed by atoms with Gasteiger partial charge in [-0.1, -0.05) is 0 Å². The molecule has 1 aromatic heterocycles. The van der Waals surface area contributed by atoms with E-state index in [-0.39, 0.29) is 18.5 Å². The lowest BCUT2D eigenvalue weighted by molar-refractivity contribution is -0.132. The number of ether oxygens (including phenoxy) is 4. The van der Waals surface area contributed by atoms with E-state index in [1.807, 2.05) is 0 Å². The normalized spacial score (nSPS) is 13.9. The van der Waals surface area contributed by atoms with Crippen LogP contribution in [0.3, 0.4) is 0 Å². The third-order valence-electron chi connectivity index (χ3n) is 9.43. The molecular weight excluding hydrogens is 704 g/mol. The van der Waals surface area contributed by atoms with Gasteiger partial charge in [0, 0.05) is 40.8 Å². The van der Waals surface area contributed by atoms with Crippen molar-refractivity contribution in [3.05, 3.63) is 122 Å². The summed E-state index contributed by atoms with van der Waals surface area (Å²) in [5, 5.41) is 11.5. The number of nitrogens with one attached hydrogen (secondary N) is 4. The second-order valence-electron chi connectivity index (χ2n) is 12.5. The van der Waals surface area contributed by atoms with Gasteiger partial charge < -0.3 is 45.1 Å². The molecule has 0 bridgehead atoms. The Bertz CT molecular complexity index is 1870. The average molecular weight is 745 g/mol. The van der Waals surface area contributed by atoms with E-state index >= 15 is 19.2 Å². The molecule has 6 rings (SSSR count). The number of amides is 4. The Morgan fingerprint density at radius 1 is 0.455 bits per heavy atom. The fourth-order valence-corrected chi connectivity index (χ4v) is 6.55. The summed E-state index contributed by atoms with van der Waals surface area (Å²) < 4.78 is 21.2. The van der Waals surface area contributed by atoms with Gasteiger partial charge >= 0.3 is 0 Å². The highest BCUT2D eigenvalue weighted by Crippen LogP contribution is 2.47. The molecule has 4 amide bonds. The van der Waals surface area contributed by atoms with Crippen molar-refractivity contribution in [3.63, 3.8) is 0 Å². The van der Waals surface area contributed by atoms with E-state index in [2.05, 4.69) is 26.3 Å². The summed E-state index contributed by atoms with van der Waals surface area (Å²) in [6.07, 6.45) is 2.36. The van der Waals surface area contributed by atoms with Crippen LogP contribution in [-0.4, -0.2) is 68.1 Å². The van der Waals surface area contributed by atoms with Crippen molar-refractivity contribution in [2.75, 3.05) is 54.6 Å². The maximum atomic E-state index is 15.0. The van der Waals surface area contributed by atoms with E-state index in [1.165, 1.54) is 57.9 Å². The van der Waals surface area contributed by atoms with E-state index in [0.29, 0.717) is 45.7 Å². The molecule has 0 aliphatic carbocycles. The zero-order valence-electron chi connectivity index (χ0n) is 30.6. The third kappa shape index (κ3) is 7.55. The van der Waals surface area contributed by atoms with Gasteiger partial charge in [-0.3, -0.25) is 24.2 Å². The number of benzene rings is 4. The molecular formula is C41H40N6O8. The predicted molar refractivity (Wildman–Crippen MR) is 208 cm³/mol. The molecule has 0 unspecified atom stereocenters. The minimum Gasteiger partial charge on any atom is -0.497 e. The van der Waals surface area contributed by atoms with Gasteiger partial charge in [-0.15, -0.1) is 0 Å². The Kier molecular flexibility index (Phi) is 11.2. The van der Waals surface area contributed by atoms with Gasteiger partial charge in [0.15, 0.2) is 0 Å². The molecule has 0 spiro atoms. The second kappa shape index (κ2) is 16.3. The Hall–Kier alpha value is -7.09. The summed E-state index contributed by atoms with van der Waals surface area (Å²) in [5.74, 6) is -0.980. The maximum Gasteiger partial charge on any atom is 0.260 e. The van der Waals surface area contributed by atoms with Crippen LogP contribution >= 0.6 is 0 Å². The molecule has 282 valence electrons. The molecule has 4 N–H and O–H groups in total. The molecule has 55 heavy (non-hydrogen) atoms. The number of nitrogens with zero attached hydrogens (tertiary/aromatic N) is 2. The zero-order chi connectivity index (χ0) is 39.0. The van der Waals surface area contributed by atoms with Crippen molar-refractivity contribution in [2.45, 2.75) is 23.9 Å². The number of rotatable bonds is 13. The first kappa shape index (κ1) is 37.7. The first-order valence-electron chi connectivity index (χ1n) is 17.2. The van der Waals surface area contributed by atoms with Gasteiger partial charge in [0.2, 0.25) is 11.1 Å². The Morgan fingerprint density at radius 2 is 0.709 bits per heavy atom. The fourth-order valence-electron chi connectivity index (χ4n) is 6.55. The number of methoxy groups -OCH3 is 4. The highest BCUT2D eigenvalue weighted by molar-refractivity contribution is 6.28. The van der Waals surface area contributed by atoms with Gasteiger partial charge in [-0.05, 0) is 122 Å². The van der Waals surface area contributed by atoms with E-state index in [0.717, 1.165) is 0 Å². The summed E-state index contributed by atoms with van der Waals surface area (Å²) in [5.41, 5.74) is -2.83. The largest absolute Gasteiger partial charge is 0.497 e. The fraction of sp³-hybridized carbons (Fsp3) is 0.195. The quantitative estimate of drug-likeness (QED) is 0.109. The van der Waals surface area contributed by atoms with Crippen molar-refractivity contribution in [2.24, 2.45) is 0 Å². The van der Waals surface area contributed by atoms with E-state index < -0.39 is 34.7 Å². The molecule has 14 heteroatoms. The molecule has 0 atom stereocenters. The molecule has 2 heterocycles. The summed E-state index contributed by atoms with van der Waals surface area (Å²) >= 11 is 0. The summed E-state index contributed by atoms with van der Waals surface area (Å²) in [6.45, 7) is 0. The number of pyridine rings is 1. The summed E-state index contributed by atoms with van der Waals surface area (Å²) in [7, 11) is 6.07. The molecule has 1 fully saturated rings. The Morgan fingerprint density at radius 3 is 0.945 bits per heavy atom. The second-order valence-corrected chi connectivity index (χ2v) is 12.5. The van der Waals surface area contributed by atoms with Crippen molar-refractivity contribution in [1.29, 1.82) is 0 Å². The van der Waals surface area contributed by atoms with E-state index in [9.17, 15) is 0 Å². The monoisotopic (exact) mass is 744 g/mol. The number of carbonyl (C=O) groups is 4. The van der Waals surface area contributed by atoms with Crippen LogP contribution in [0.25, 0.3) is 0 Å². The van der Waals surface area contributed by atoms with Gasteiger partial charge in [0.05, 0.1) is 28.4 Å². The minimum absolute atomic E-state index is 0.206. The lowest BCUT2D eigenvalue weighted by Crippen LogP contribution is -2.71. The lowest BCUT2D eigenvalue weighted by atomic mass is 9.92. The van der Waals surface area contributed by atoms with Crippen molar-refractivity contribution in [3.8, 4) is 23.0 Å². The molecule has 5 aromatic rings. The lowest BCUT2D eigenvalue weighted by Gasteiger charge is -2.44. The molecule has 1 saturated heterocycles. The molecule has 4 aromatic carbocycles. The first-order chi connectivity index (χ1) is 26.7. The summed E-state index contributed by atoms with van der Waals surface area (Å²) in [6, 6.07) is 29.3. The van der Waals surface area contributed by atoms with E-state index in [4.69, 9.17) is 18.9 Å². The van der Waals surface area contributed by atoms with Crippen LogP contribution in [0.2, 0.25) is 0 Å². The SMILES string of the molecule is COc1ccc(NC(=O)C2(C(=O)Nc3ccc(OC)cc3)CCC(C(=O)Nc3ccc(OC)cc3)(C(=O)Nc3ccc(OC)cc3)N2c2ccncc2)cc1. The topological polar surface area (TPSA) is 169 Å². The maximum absolute atomic E-state index is 15.0. The molecule has 14 nitrogen and oxygen atoms in total. The standard InChI is InChI=1S/C41H40N6O8/c1-52-32-13-5-27(6-14-32)43-36(48)40(37(49)44-28-7-15-33(53-2)16-8-28)23-24-41(47(40)31-21-25-42-26-22-31,38(50)45-29-9-17-34(54-3)18-10-29)39(51)46-30-11-19-35(55-4)20-12-30/h5-22,25-26H,23-24H2,1-4H3,(H,43,48)(H,44,49)(H,45,50)(H,46,51). The van der Waals surface area contributed by atoms with Crippen LogP contribution in [0.4, 0.5) is 28.4 Å². The van der Waals surface area contributed by atoms with Crippen LogP contribution in [-0.2, 0) is 19.2 Å². The first-order valence-corrected chi connectivity index (χ1v) is 17.2. The van der Waals surface area contributed by atoms with Crippen LogP contribution in [0, 0.1) is 0 Å². The van der Waals surface area contributed by atoms with Crippen LogP contribution < -0.4 is 45.1 Å². The molecule has 0 saturated carbocycles. The van der Waals surface area contributed by atoms with Crippen LogP contribution in [0.5, 0.6) is 23.0 Å². The highest BCUT2D eigenvalue weighted by atomic mass is 16.5. The minimum atomic E-state index is -2.21. The number of aromatic nitrogens is 1. The number of hydrogen-bond donors (Lipinski definition) is 4. The Balaban J connectivity index is 1.53. The molecule has 1 aliphatic heterocycles. The van der Waals surface area contributed by atoms with Crippen LogP contribution in [0.15, 0.2) is 122 Å². The number of carbonyl (C=O) groups excluding carboxylic acids is 4. The molecule has 1 aliphatic rings. The number of hydrogen-bond acceptors (Lipinski definition) is 10. The van der Waals surface area contributed by atoms with Gasteiger partial charge in [-0.2, -0.15) is 0 Å². The van der Waals surface area contributed by atoms with Gasteiger partial charge in [-0.25, -0.2) is 0 Å².